The predicted molar refractivity (Wildman–Crippen MR) is 56.9 cm³/mol. The van der Waals surface area contributed by atoms with Crippen LogP contribution >= 0.6 is 22.6 Å². The highest BCUT2D eigenvalue weighted by atomic mass is 127. The van der Waals surface area contributed by atoms with Crippen LogP contribution in [0.2, 0.25) is 0 Å². The SMILES string of the molecule is CNC(=O)c1c(I)ccnc1OC. The zero-order chi connectivity index (χ0) is 9.84. The molecule has 1 rings (SSSR count). The molecule has 1 N–H and O–H groups in total. The number of carbonyl (C=O) groups is 1. The van der Waals surface area contributed by atoms with Crippen LogP contribution in [0.1, 0.15) is 10.4 Å². The molecule has 5 heteroatoms. The van der Waals surface area contributed by atoms with E-state index in [1.54, 1.807) is 19.3 Å². The Morgan fingerprint density at radius 1 is 1.69 bits per heavy atom. The van der Waals surface area contributed by atoms with Crippen molar-refractivity contribution in [1.82, 2.24) is 10.3 Å². The average molecular weight is 292 g/mol. The molecule has 0 saturated carbocycles. The average Bonchev–Trinajstić information content (AvgIpc) is 2.16. The first-order valence-electron chi connectivity index (χ1n) is 3.61. The van der Waals surface area contributed by atoms with Crippen molar-refractivity contribution in [2.75, 3.05) is 14.2 Å². The van der Waals surface area contributed by atoms with E-state index >= 15 is 0 Å². The van der Waals surface area contributed by atoms with Crippen LogP contribution in [-0.4, -0.2) is 25.0 Å². The lowest BCUT2D eigenvalue weighted by Gasteiger charge is -2.06. The summed E-state index contributed by atoms with van der Waals surface area (Å²) in [6.07, 6.45) is 1.60. The minimum atomic E-state index is -0.186. The number of hydrogen-bond acceptors (Lipinski definition) is 3. The van der Waals surface area contributed by atoms with Crippen molar-refractivity contribution in [3.8, 4) is 5.88 Å². The van der Waals surface area contributed by atoms with E-state index in [0.29, 0.717) is 11.4 Å². The Labute approximate surface area is 89.8 Å². The van der Waals surface area contributed by atoms with Gasteiger partial charge in [0.15, 0.2) is 0 Å². The second-order valence-corrected chi connectivity index (χ2v) is 3.42. The molecule has 1 aromatic rings. The van der Waals surface area contributed by atoms with E-state index in [0.717, 1.165) is 3.57 Å². The Kier molecular flexibility index (Phi) is 3.47. The van der Waals surface area contributed by atoms with E-state index in [1.165, 1.54) is 7.11 Å². The van der Waals surface area contributed by atoms with Crippen molar-refractivity contribution in [3.63, 3.8) is 0 Å². The van der Waals surface area contributed by atoms with E-state index in [1.807, 2.05) is 0 Å². The van der Waals surface area contributed by atoms with E-state index in [-0.39, 0.29) is 5.91 Å². The topological polar surface area (TPSA) is 51.2 Å². The molecule has 0 spiro atoms. The zero-order valence-corrected chi connectivity index (χ0v) is 9.45. The number of hydrogen-bond donors (Lipinski definition) is 1. The maximum absolute atomic E-state index is 11.4. The molecule has 0 radical (unpaired) electrons. The quantitative estimate of drug-likeness (QED) is 0.829. The summed E-state index contributed by atoms with van der Waals surface area (Å²) in [7, 11) is 3.07. The van der Waals surface area contributed by atoms with Gasteiger partial charge in [-0.25, -0.2) is 4.98 Å². The normalized spacial score (nSPS) is 9.46. The molecule has 0 atom stereocenters. The summed E-state index contributed by atoms with van der Waals surface area (Å²) in [5.41, 5.74) is 0.480. The van der Waals surface area contributed by atoms with Crippen molar-refractivity contribution < 1.29 is 9.53 Å². The lowest BCUT2D eigenvalue weighted by molar-refractivity contribution is 0.0958. The van der Waals surface area contributed by atoms with Gasteiger partial charge in [-0.1, -0.05) is 0 Å². The van der Waals surface area contributed by atoms with Crippen LogP contribution < -0.4 is 10.1 Å². The first-order valence-corrected chi connectivity index (χ1v) is 4.69. The number of nitrogens with one attached hydrogen (secondary N) is 1. The third-order valence-corrected chi connectivity index (χ3v) is 2.41. The second-order valence-electron chi connectivity index (χ2n) is 2.26. The fourth-order valence-electron chi connectivity index (χ4n) is 0.906. The van der Waals surface area contributed by atoms with Gasteiger partial charge in [0, 0.05) is 16.8 Å². The third kappa shape index (κ3) is 2.09. The molecule has 0 aliphatic heterocycles. The van der Waals surface area contributed by atoms with Gasteiger partial charge in [-0.2, -0.15) is 0 Å². The monoisotopic (exact) mass is 292 g/mol. The number of halogens is 1. The first-order chi connectivity index (χ1) is 6.20. The maximum atomic E-state index is 11.4. The Bertz CT molecular complexity index is 328. The molecule has 0 aromatic carbocycles. The molecule has 1 amide bonds. The minimum Gasteiger partial charge on any atom is -0.480 e. The highest BCUT2D eigenvalue weighted by Gasteiger charge is 2.15. The van der Waals surface area contributed by atoms with E-state index in [4.69, 9.17) is 4.74 Å². The van der Waals surface area contributed by atoms with Crippen LogP contribution in [0.25, 0.3) is 0 Å². The summed E-state index contributed by atoms with van der Waals surface area (Å²) >= 11 is 2.07. The van der Waals surface area contributed by atoms with Gasteiger partial charge < -0.3 is 10.1 Å². The molecule has 0 bridgehead atoms. The van der Waals surface area contributed by atoms with Crippen LogP contribution in [0, 0.1) is 3.57 Å². The summed E-state index contributed by atoms with van der Waals surface area (Å²) in [4.78, 5) is 15.3. The standard InChI is InChI=1S/C8H9IN2O2/c1-10-7(12)6-5(9)3-4-11-8(6)13-2/h3-4H,1-2H3,(H,10,12). The summed E-state index contributed by atoms with van der Waals surface area (Å²) in [5.74, 6) is 0.167. The summed E-state index contributed by atoms with van der Waals surface area (Å²) < 4.78 is 5.80. The molecule has 0 saturated heterocycles. The van der Waals surface area contributed by atoms with Crippen molar-refractivity contribution in [2.24, 2.45) is 0 Å². The molecule has 0 fully saturated rings. The number of methoxy groups -OCH3 is 1. The Hall–Kier alpha value is -0.850. The molecular formula is C8H9IN2O2. The highest BCUT2D eigenvalue weighted by Crippen LogP contribution is 2.20. The fraction of sp³-hybridized carbons (Fsp3) is 0.250. The number of rotatable bonds is 2. The van der Waals surface area contributed by atoms with Crippen LogP contribution in [0.3, 0.4) is 0 Å². The van der Waals surface area contributed by atoms with E-state index in [9.17, 15) is 4.79 Å². The van der Waals surface area contributed by atoms with Gasteiger partial charge in [0.1, 0.15) is 5.56 Å². The Morgan fingerprint density at radius 2 is 2.38 bits per heavy atom. The lowest BCUT2D eigenvalue weighted by Crippen LogP contribution is -2.20. The predicted octanol–water partition coefficient (Wildman–Crippen LogP) is 1.05. The number of nitrogens with zero attached hydrogens (tertiary/aromatic N) is 1. The van der Waals surface area contributed by atoms with Crippen molar-refractivity contribution in [2.45, 2.75) is 0 Å². The zero-order valence-electron chi connectivity index (χ0n) is 7.30. The van der Waals surface area contributed by atoms with Gasteiger partial charge in [-0.15, -0.1) is 0 Å². The maximum Gasteiger partial charge on any atom is 0.257 e. The van der Waals surface area contributed by atoms with Crippen LogP contribution in [-0.2, 0) is 0 Å². The molecule has 0 aliphatic rings. The first kappa shape index (κ1) is 10.2. The van der Waals surface area contributed by atoms with E-state index < -0.39 is 0 Å². The summed E-state index contributed by atoms with van der Waals surface area (Å²) in [6.45, 7) is 0. The molecule has 13 heavy (non-hydrogen) atoms. The number of carbonyl (C=O) groups excluding carboxylic acids is 1. The molecular weight excluding hydrogens is 283 g/mol. The second kappa shape index (κ2) is 4.40. The highest BCUT2D eigenvalue weighted by molar-refractivity contribution is 14.1. The van der Waals surface area contributed by atoms with E-state index in [2.05, 4.69) is 32.9 Å². The van der Waals surface area contributed by atoms with Gasteiger partial charge >= 0.3 is 0 Å². The number of ether oxygens (including phenoxy) is 1. The molecule has 0 aliphatic carbocycles. The number of amides is 1. The van der Waals surface area contributed by atoms with Crippen LogP contribution in [0.15, 0.2) is 12.3 Å². The molecule has 1 heterocycles. The van der Waals surface area contributed by atoms with Crippen LogP contribution in [0.4, 0.5) is 0 Å². The smallest absolute Gasteiger partial charge is 0.257 e. The summed E-state index contributed by atoms with van der Waals surface area (Å²) in [5, 5.41) is 2.53. The third-order valence-electron chi connectivity index (χ3n) is 1.51. The minimum absolute atomic E-state index is 0.186. The van der Waals surface area contributed by atoms with Gasteiger partial charge in [0.25, 0.3) is 5.91 Å². The van der Waals surface area contributed by atoms with Gasteiger partial charge in [-0.05, 0) is 28.7 Å². The number of pyridine rings is 1. The Balaban J connectivity index is 3.22. The van der Waals surface area contributed by atoms with Gasteiger partial charge in [-0.3, -0.25) is 4.79 Å². The largest absolute Gasteiger partial charge is 0.480 e. The fourth-order valence-corrected chi connectivity index (χ4v) is 1.54. The van der Waals surface area contributed by atoms with Gasteiger partial charge in [0.2, 0.25) is 5.88 Å². The van der Waals surface area contributed by atoms with Gasteiger partial charge in [0.05, 0.1) is 7.11 Å². The van der Waals surface area contributed by atoms with Crippen molar-refractivity contribution >= 4 is 28.5 Å². The Morgan fingerprint density at radius 3 is 2.92 bits per heavy atom. The molecule has 1 aromatic heterocycles. The van der Waals surface area contributed by atoms with Crippen molar-refractivity contribution in [3.05, 3.63) is 21.4 Å². The number of aromatic nitrogens is 1. The van der Waals surface area contributed by atoms with Crippen molar-refractivity contribution in [1.29, 1.82) is 0 Å². The lowest BCUT2D eigenvalue weighted by atomic mass is 10.2. The summed E-state index contributed by atoms with van der Waals surface area (Å²) in [6, 6.07) is 1.76. The molecule has 4 nitrogen and oxygen atoms in total. The van der Waals surface area contributed by atoms with Crippen LogP contribution in [0.5, 0.6) is 5.88 Å². The molecule has 70 valence electrons. The molecule has 0 unspecified atom stereocenters.